The number of carbonyl (C=O) groups is 2. The minimum atomic E-state index is -0.220. The lowest BCUT2D eigenvalue weighted by atomic mass is 9.95. The van der Waals surface area contributed by atoms with E-state index in [9.17, 15) is 9.59 Å². The zero-order valence-electron chi connectivity index (χ0n) is 22.7. The van der Waals surface area contributed by atoms with Crippen LogP contribution in [0.15, 0.2) is 60.9 Å². The van der Waals surface area contributed by atoms with Crippen LogP contribution in [0.1, 0.15) is 54.4 Å². The predicted molar refractivity (Wildman–Crippen MR) is 156 cm³/mol. The van der Waals surface area contributed by atoms with Crippen molar-refractivity contribution in [3.8, 4) is 0 Å². The highest BCUT2D eigenvalue weighted by Gasteiger charge is 2.28. The third-order valence-electron chi connectivity index (χ3n) is 8.66. The van der Waals surface area contributed by atoms with Crippen LogP contribution in [0.25, 0.3) is 21.8 Å². The van der Waals surface area contributed by atoms with Gasteiger partial charge in [0, 0.05) is 46.8 Å². The van der Waals surface area contributed by atoms with Gasteiger partial charge in [-0.2, -0.15) is 0 Å². The first-order valence-electron chi connectivity index (χ1n) is 14.3. The fourth-order valence-corrected chi connectivity index (χ4v) is 6.38. The summed E-state index contributed by atoms with van der Waals surface area (Å²) in [6.45, 7) is 4.88. The van der Waals surface area contributed by atoms with E-state index in [1.165, 1.54) is 25.7 Å². The molecular weight excluding hydrogens is 486 g/mol. The van der Waals surface area contributed by atoms with Gasteiger partial charge in [0.15, 0.2) is 0 Å². The van der Waals surface area contributed by atoms with E-state index in [0.29, 0.717) is 29.2 Å². The highest BCUT2D eigenvalue weighted by atomic mass is 16.2. The number of anilines is 1. The SMILES string of the molecule is Cc1c[nH]c2cc(C(=O)N(CC(=O)NCC3CCN(C4CCCC4)CC3)c3cccc4cccnc34)ccc12. The third-order valence-corrected chi connectivity index (χ3v) is 8.66. The van der Waals surface area contributed by atoms with E-state index in [4.69, 9.17) is 0 Å². The van der Waals surface area contributed by atoms with Crippen LogP contribution in [0, 0.1) is 12.8 Å². The van der Waals surface area contributed by atoms with Gasteiger partial charge >= 0.3 is 0 Å². The van der Waals surface area contributed by atoms with Crippen molar-refractivity contribution in [1.29, 1.82) is 0 Å². The summed E-state index contributed by atoms with van der Waals surface area (Å²) in [4.78, 5) is 39.3. The number of rotatable bonds is 7. The number of carbonyl (C=O) groups excluding carboxylic acids is 2. The molecule has 0 spiro atoms. The normalized spacial score (nSPS) is 17.2. The Hall–Kier alpha value is -3.71. The molecular formula is C32H37N5O2. The Morgan fingerprint density at radius 1 is 1.05 bits per heavy atom. The first kappa shape index (κ1) is 25.6. The maximum absolute atomic E-state index is 13.9. The molecule has 2 aromatic carbocycles. The number of aromatic amines is 1. The van der Waals surface area contributed by atoms with E-state index >= 15 is 0 Å². The molecule has 7 heteroatoms. The standard InChI is InChI=1S/C32H37N5O2/c1-22-19-34-28-18-25(11-12-27(22)28)32(39)37(29-10-4-6-24-7-5-15-33-31(24)29)21-30(38)35-20-23-13-16-36(17-14-23)26-8-2-3-9-26/h4-7,10-12,15,18-19,23,26,34H,2-3,8-9,13-14,16-17,20-21H2,1H3,(H,35,38). The minimum absolute atomic E-state index is 0.0583. The highest BCUT2D eigenvalue weighted by Crippen LogP contribution is 2.29. The summed E-state index contributed by atoms with van der Waals surface area (Å²) in [6.07, 6.45) is 11.3. The predicted octanol–water partition coefficient (Wildman–Crippen LogP) is 5.44. The second-order valence-electron chi connectivity index (χ2n) is 11.2. The van der Waals surface area contributed by atoms with Gasteiger partial charge in [-0.25, -0.2) is 0 Å². The Morgan fingerprint density at radius 3 is 2.67 bits per heavy atom. The molecule has 1 saturated heterocycles. The molecule has 1 aliphatic heterocycles. The molecule has 4 aromatic rings. The van der Waals surface area contributed by atoms with Crippen molar-refractivity contribution in [2.45, 2.75) is 51.5 Å². The van der Waals surface area contributed by atoms with Crippen molar-refractivity contribution in [3.05, 3.63) is 72.1 Å². The molecule has 1 aliphatic carbocycles. The van der Waals surface area contributed by atoms with Crippen LogP contribution in [0.5, 0.6) is 0 Å². The quantitative estimate of drug-likeness (QED) is 0.338. The number of nitrogens with zero attached hydrogens (tertiary/aromatic N) is 3. The molecule has 39 heavy (non-hydrogen) atoms. The number of aromatic nitrogens is 2. The van der Waals surface area contributed by atoms with E-state index in [1.807, 2.05) is 61.7 Å². The number of benzene rings is 2. The molecule has 0 atom stereocenters. The summed E-state index contributed by atoms with van der Waals surface area (Å²) in [5.41, 5.74) is 3.91. The first-order chi connectivity index (χ1) is 19.1. The molecule has 2 N–H and O–H groups in total. The number of pyridine rings is 1. The van der Waals surface area contributed by atoms with Crippen molar-refractivity contribution in [1.82, 2.24) is 20.2 Å². The van der Waals surface area contributed by atoms with Gasteiger partial charge < -0.3 is 15.2 Å². The lowest BCUT2D eigenvalue weighted by molar-refractivity contribution is -0.120. The van der Waals surface area contributed by atoms with Crippen LogP contribution in [0.4, 0.5) is 5.69 Å². The summed E-state index contributed by atoms with van der Waals surface area (Å²) in [5, 5.41) is 5.16. The number of likely N-dealkylation sites (tertiary alicyclic amines) is 1. The highest BCUT2D eigenvalue weighted by molar-refractivity contribution is 6.13. The zero-order valence-corrected chi connectivity index (χ0v) is 22.7. The number of fused-ring (bicyclic) bond motifs is 2. The lowest BCUT2D eigenvalue weighted by Crippen LogP contribution is -2.45. The number of nitrogens with one attached hydrogen (secondary N) is 2. The second kappa shape index (κ2) is 11.2. The molecule has 2 amide bonds. The average molecular weight is 524 g/mol. The smallest absolute Gasteiger partial charge is 0.258 e. The third kappa shape index (κ3) is 5.41. The molecule has 2 aliphatic rings. The number of hydrogen-bond acceptors (Lipinski definition) is 4. The minimum Gasteiger partial charge on any atom is -0.361 e. The Labute approximate surface area is 229 Å². The van der Waals surface area contributed by atoms with Crippen molar-refractivity contribution in [2.75, 3.05) is 31.1 Å². The van der Waals surface area contributed by atoms with Crippen molar-refractivity contribution in [2.24, 2.45) is 5.92 Å². The summed E-state index contributed by atoms with van der Waals surface area (Å²) in [6, 6.07) is 16.0. The summed E-state index contributed by atoms with van der Waals surface area (Å²) in [5.74, 6) is 0.113. The zero-order chi connectivity index (χ0) is 26.8. The monoisotopic (exact) mass is 523 g/mol. The Morgan fingerprint density at radius 2 is 1.85 bits per heavy atom. The number of amides is 2. The molecule has 0 radical (unpaired) electrons. The largest absolute Gasteiger partial charge is 0.361 e. The Balaban J connectivity index is 1.18. The first-order valence-corrected chi connectivity index (χ1v) is 14.3. The molecule has 2 fully saturated rings. The van der Waals surface area contributed by atoms with Gasteiger partial charge in [0.25, 0.3) is 5.91 Å². The van der Waals surface area contributed by atoms with Gasteiger partial charge in [0.2, 0.25) is 5.91 Å². The molecule has 3 heterocycles. The van der Waals surface area contributed by atoms with E-state index in [-0.39, 0.29) is 18.4 Å². The van der Waals surface area contributed by atoms with Crippen LogP contribution in [0.3, 0.4) is 0 Å². The summed E-state index contributed by atoms with van der Waals surface area (Å²) < 4.78 is 0. The van der Waals surface area contributed by atoms with Crippen molar-refractivity contribution < 1.29 is 9.59 Å². The van der Waals surface area contributed by atoms with Gasteiger partial charge in [-0.1, -0.05) is 37.1 Å². The maximum atomic E-state index is 13.9. The van der Waals surface area contributed by atoms with E-state index in [2.05, 4.69) is 20.2 Å². The molecule has 2 aromatic heterocycles. The summed E-state index contributed by atoms with van der Waals surface area (Å²) >= 11 is 0. The van der Waals surface area contributed by atoms with Gasteiger partial charge in [0.05, 0.1) is 11.2 Å². The van der Waals surface area contributed by atoms with Crippen LogP contribution in [-0.2, 0) is 4.79 Å². The Bertz CT molecular complexity index is 1480. The van der Waals surface area contributed by atoms with Gasteiger partial charge in [-0.05, 0) is 81.4 Å². The number of hydrogen-bond donors (Lipinski definition) is 2. The molecule has 1 saturated carbocycles. The molecule has 0 bridgehead atoms. The number of H-pyrrole nitrogens is 1. The summed E-state index contributed by atoms with van der Waals surface area (Å²) in [7, 11) is 0. The number of piperidine rings is 1. The number of para-hydroxylation sites is 1. The number of aryl methyl sites for hydroxylation is 1. The fraction of sp³-hybridized carbons (Fsp3) is 0.406. The van der Waals surface area contributed by atoms with E-state index in [0.717, 1.165) is 53.8 Å². The lowest BCUT2D eigenvalue weighted by Gasteiger charge is -2.36. The van der Waals surface area contributed by atoms with Gasteiger partial charge in [0.1, 0.15) is 6.54 Å². The topological polar surface area (TPSA) is 81.3 Å². The fourth-order valence-electron chi connectivity index (χ4n) is 6.38. The van der Waals surface area contributed by atoms with Gasteiger partial charge in [-0.3, -0.25) is 19.5 Å². The van der Waals surface area contributed by atoms with Crippen LogP contribution in [0.2, 0.25) is 0 Å². The van der Waals surface area contributed by atoms with E-state index in [1.54, 1.807) is 11.1 Å². The molecule has 7 nitrogen and oxygen atoms in total. The van der Waals surface area contributed by atoms with Crippen LogP contribution < -0.4 is 10.2 Å². The maximum Gasteiger partial charge on any atom is 0.258 e. The second-order valence-corrected chi connectivity index (χ2v) is 11.2. The average Bonchev–Trinajstić information content (AvgIpc) is 3.65. The van der Waals surface area contributed by atoms with Crippen molar-refractivity contribution >= 4 is 39.3 Å². The molecule has 202 valence electrons. The van der Waals surface area contributed by atoms with E-state index < -0.39 is 0 Å². The van der Waals surface area contributed by atoms with Crippen LogP contribution >= 0.6 is 0 Å². The molecule has 0 unspecified atom stereocenters. The van der Waals surface area contributed by atoms with Gasteiger partial charge in [-0.15, -0.1) is 0 Å². The Kier molecular flexibility index (Phi) is 7.33. The van der Waals surface area contributed by atoms with Crippen LogP contribution in [-0.4, -0.2) is 58.9 Å². The van der Waals surface area contributed by atoms with Crippen molar-refractivity contribution in [3.63, 3.8) is 0 Å². The molecule has 6 rings (SSSR count).